The van der Waals surface area contributed by atoms with Crippen LogP contribution in [-0.2, 0) is 4.79 Å². The Kier molecular flexibility index (Phi) is 3.96. The number of hydrogen-bond acceptors (Lipinski definition) is 2. The Balaban J connectivity index is 2.74. The average Bonchev–Trinajstić information content (AvgIpc) is 2.35. The quantitative estimate of drug-likeness (QED) is 0.739. The highest BCUT2D eigenvalue weighted by molar-refractivity contribution is 9.10. The number of methoxy groups -OCH3 is 1. The fourth-order valence-corrected chi connectivity index (χ4v) is 3.00. The minimum Gasteiger partial charge on any atom is -0.495 e. The zero-order valence-corrected chi connectivity index (χ0v) is 15.0. The summed E-state index contributed by atoms with van der Waals surface area (Å²) in [6.45, 7) is 9.89. The lowest BCUT2D eigenvalue weighted by Gasteiger charge is -2.44. The summed E-state index contributed by atoms with van der Waals surface area (Å²) in [6, 6.07) is 5.88. The molecule has 0 radical (unpaired) electrons. The molecule has 1 heterocycles. The van der Waals surface area contributed by atoms with E-state index in [0.717, 1.165) is 22.6 Å². The number of amides is 1. The Labute approximate surface area is 135 Å². The molecular weight excluding hydrogens is 330 g/mol. The summed E-state index contributed by atoms with van der Waals surface area (Å²) >= 11 is 3.49. The Bertz CT molecular complexity index is 612. The number of alkyl halides is 1. The number of ether oxygens (including phenoxy) is 1. The summed E-state index contributed by atoms with van der Waals surface area (Å²) in [4.78, 5) is 14.8. The highest BCUT2D eigenvalue weighted by Crippen LogP contribution is 2.45. The van der Waals surface area contributed by atoms with Crippen LogP contribution in [0.5, 0.6) is 5.75 Å². The van der Waals surface area contributed by atoms with Crippen LogP contribution in [0.4, 0.5) is 5.69 Å². The van der Waals surface area contributed by atoms with E-state index in [1.807, 2.05) is 50.8 Å². The van der Waals surface area contributed by atoms with Crippen molar-refractivity contribution in [2.24, 2.45) is 0 Å². The molecule has 1 aliphatic rings. The van der Waals surface area contributed by atoms with Crippen LogP contribution < -0.4 is 9.64 Å². The van der Waals surface area contributed by atoms with E-state index < -0.39 is 9.86 Å². The second kappa shape index (κ2) is 5.16. The van der Waals surface area contributed by atoms with Gasteiger partial charge >= 0.3 is 0 Å². The van der Waals surface area contributed by atoms with Gasteiger partial charge in [0, 0.05) is 5.56 Å². The predicted molar refractivity (Wildman–Crippen MR) is 91.2 cm³/mol. The van der Waals surface area contributed by atoms with E-state index in [0.29, 0.717) is 0 Å². The van der Waals surface area contributed by atoms with Crippen molar-refractivity contribution >= 4 is 33.1 Å². The van der Waals surface area contributed by atoms with E-state index in [9.17, 15) is 4.79 Å². The first-order valence-corrected chi connectivity index (χ1v) is 7.79. The summed E-state index contributed by atoms with van der Waals surface area (Å²) in [7, 11) is 1.64. The van der Waals surface area contributed by atoms with Crippen molar-refractivity contribution in [3.63, 3.8) is 0 Å². The summed E-state index contributed by atoms with van der Waals surface area (Å²) < 4.78 is 4.87. The first-order chi connectivity index (χ1) is 9.59. The molecule has 114 valence electrons. The third-order valence-corrected chi connectivity index (χ3v) is 4.06. The number of carbonyl (C=O) groups is 1. The molecule has 1 aromatic rings. The van der Waals surface area contributed by atoms with Gasteiger partial charge in [0.2, 0.25) is 5.91 Å². The molecule has 0 N–H and O–H groups in total. The van der Waals surface area contributed by atoms with Crippen molar-refractivity contribution in [1.82, 2.24) is 0 Å². The van der Waals surface area contributed by atoms with Crippen molar-refractivity contribution in [3.05, 3.63) is 29.8 Å². The fraction of sp³-hybridized carbons (Fsp3) is 0.471. The normalized spacial score (nSPS) is 17.1. The van der Waals surface area contributed by atoms with Crippen LogP contribution >= 0.6 is 15.9 Å². The lowest BCUT2D eigenvalue weighted by atomic mass is 9.87. The van der Waals surface area contributed by atoms with E-state index in [1.165, 1.54) is 0 Å². The Morgan fingerprint density at radius 3 is 2.48 bits per heavy atom. The van der Waals surface area contributed by atoms with E-state index in [4.69, 9.17) is 4.74 Å². The highest BCUT2D eigenvalue weighted by Gasteiger charge is 2.42. The van der Waals surface area contributed by atoms with Gasteiger partial charge in [0.1, 0.15) is 5.75 Å². The first kappa shape index (κ1) is 16.1. The zero-order valence-electron chi connectivity index (χ0n) is 13.5. The van der Waals surface area contributed by atoms with E-state index in [1.54, 1.807) is 7.11 Å². The third-order valence-electron chi connectivity index (χ3n) is 3.73. The van der Waals surface area contributed by atoms with Gasteiger partial charge in [-0.25, -0.2) is 0 Å². The van der Waals surface area contributed by atoms with Gasteiger partial charge in [-0.15, -0.1) is 0 Å². The molecule has 1 aromatic carbocycles. The molecule has 3 nitrogen and oxygen atoms in total. The fourth-order valence-electron chi connectivity index (χ4n) is 2.83. The molecule has 0 aliphatic carbocycles. The number of carbonyl (C=O) groups excluding carboxylic acids is 1. The maximum Gasteiger partial charge on any atom is 0.244 e. The van der Waals surface area contributed by atoms with E-state index in [2.05, 4.69) is 28.9 Å². The number of anilines is 1. The van der Waals surface area contributed by atoms with Crippen molar-refractivity contribution in [1.29, 1.82) is 0 Å². The molecule has 2 rings (SSSR count). The number of benzene rings is 1. The van der Waals surface area contributed by atoms with Gasteiger partial charge in [0.05, 0.1) is 22.7 Å². The average molecular weight is 352 g/mol. The van der Waals surface area contributed by atoms with Gasteiger partial charge in [-0.1, -0.05) is 34.1 Å². The van der Waals surface area contributed by atoms with Crippen LogP contribution in [-0.4, -0.2) is 22.9 Å². The monoisotopic (exact) mass is 351 g/mol. The standard InChI is InChI=1S/C17H22BrNO2/c1-11-10-16(2,3)19(15(20)17(4,5)18)14-12(11)8-7-9-13(14)21-6/h7-10H,1-6H3. The Morgan fingerprint density at radius 2 is 1.95 bits per heavy atom. The van der Waals surface area contributed by atoms with Crippen LogP contribution in [0.1, 0.15) is 40.2 Å². The second-order valence-electron chi connectivity index (χ2n) is 6.45. The van der Waals surface area contributed by atoms with E-state index in [-0.39, 0.29) is 5.91 Å². The number of rotatable bonds is 2. The minimum atomic E-state index is -0.637. The van der Waals surface area contributed by atoms with Gasteiger partial charge < -0.3 is 4.74 Å². The maximum absolute atomic E-state index is 13.0. The van der Waals surface area contributed by atoms with Crippen molar-refractivity contribution in [2.45, 2.75) is 44.5 Å². The molecule has 0 saturated heterocycles. The maximum atomic E-state index is 13.0. The van der Waals surface area contributed by atoms with Crippen LogP contribution in [0.3, 0.4) is 0 Å². The Morgan fingerprint density at radius 1 is 1.33 bits per heavy atom. The largest absolute Gasteiger partial charge is 0.495 e. The number of para-hydroxylation sites is 1. The number of allylic oxidation sites excluding steroid dienone is 1. The summed E-state index contributed by atoms with van der Waals surface area (Å²) in [5.74, 6) is 0.736. The first-order valence-electron chi connectivity index (χ1n) is 7.00. The van der Waals surface area contributed by atoms with Gasteiger partial charge in [-0.3, -0.25) is 9.69 Å². The van der Waals surface area contributed by atoms with Crippen LogP contribution in [0, 0.1) is 0 Å². The minimum absolute atomic E-state index is 0.0157. The van der Waals surface area contributed by atoms with Crippen molar-refractivity contribution < 1.29 is 9.53 Å². The van der Waals surface area contributed by atoms with Crippen LogP contribution in [0.25, 0.3) is 5.57 Å². The molecule has 21 heavy (non-hydrogen) atoms. The van der Waals surface area contributed by atoms with Gasteiger partial charge in [0.15, 0.2) is 0 Å². The number of nitrogens with zero attached hydrogens (tertiary/aromatic N) is 1. The summed E-state index contributed by atoms with van der Waals surface area (Å²) in [6.07, 6.45) is 2.13. The molecule has 0 aromatic heterocycles. The van der Waals surface area contributed by atoms with Gasteiger partial charge in [0.25, 0.3) is 0 Å². The molecule has 4 heteroatoms. The second-order valence-corrected chi connectivity index (χ2v) is 8.43. The van der Waals surface area contributed by atoms with Gasteiger partial charge in [-0.05, 0) is 46.3 Å². The number of fused-ring (bicyclic) bond motifs is 1. The number of hydrogen-bond donors (Lipinski definition) is 0. The predicted octanol–water partition coefficient (Wildman–Crippen LogP) is 4.40. The highest BCUT2D eigenvalue weighted by atomic mass is 79.9. The lowest BCUT2D eigenvalue weighted by Crippen LogP contribution is -2.54. The lowest BCUT2D eigenvalue weighted by molar-refractivity contribution is -0.120. The molecule has 0 fully saturated rings. The molecule has 1 aliphatic heterocycles. The molecule has 0 atom stereocenters. The number of halogens is 1. The Hall–Kier alpha value is -1.29. The molecule has 0 spiro atoms. The van der Waals surface area contributed by atoms with Gasteiger partial charge in [-0.2, -0.15) is 0 Å². The summed E-state index contributed by atoms with van der Waals surface area (Å²) in [5.41, 5.74) is 2.64. The topological polar surface area (TPSA) is 29.5 Å². The molecule has 0 saturated carbocycles. The third kappa shape index (κ3) is 2.73. The summed E-state index contributed by atoms with van der Waals surface area (Å²) in [5, 5.41) is 0. The van der Waals surface area contributed by atoms with E-state index >= 15 is 0 Å². The van der Waals surface area contributed by atoms with Crippen LogP contribution in [0.2, 0.25) is 0 Å². The van der Waals surface area contributed by atoms with Crippen molar-refractivity contribution in [2.75, 3.05) is 12.0 Å². The zero-order chi connectivity index (χ0) is 16.0. The SMILES string of the molecule is COc1cccc2c1N(C(=O)C(C)(C)Br)C(C)(C)C=C2C. The van der Waals surface area contributed by atoms with Crippen molar-refractivity contribution in [3.8, 4) is 5.75 Å². The molecule has 0 bridgehead atoms. The smallest absolute Gasteiger partial charge is 0.244 e. The molecular formula is C17H22BrNO2. The molecule has 1 amide bonds. The molecule has 0 unspecified atom stereocenters. The van der Waals surface area contributed by atoms with Crippen LogP contribution in [0.15, 0.2) is 24.3 Å².